The largest absolute Gasteiger partial charge is 0.475 e. The Bertz CT molecular complexity index is 645. The zero-order valence-electron chi connectivity index (χ0n) is 16.9. The van der Waals surface area contributed by atoms with Crippen molar-refractivity contribution < 1.29 is 19.4 Å². The number of carbonyl (C=O) groups excluding carboxylic acids is 1. The van der Waals surface area contributed by atoms with Gasteiger partial charge in [0.2, 0.25) is 5.88 Å². The number of aliphatic hydroxyl groups excluding tert-OH is 1. The van der Waals surface area contributed by atoms with Crippen molar-refractivity contribution in [1.29, 1.82) is 0 Å². The molecule has 0 radical (unpaired) electrons. The molecule has 2 N–H and O–H groups in total. The van der Waals surface area contributed by atoms with E-state index in [4.69, 9.17) is 9.47 Å². The number of amides is 1. The van der Waals surface area contributed by atoms with Crippen molar-refractivity contribution in [3.63, 3.8) is 0 Å². The van der Waals surface area contributed by atoms with E-state index in [1.54, 1.807) is 0 Å². The lowest BCUT2D eigenvalue weighted by Gasteiger charge is -2.28. The summed E-state index contributed by atoms with van der Waals surface area (Å²) < 4.78 is 11.2. The molecule has 8 heteroatoms. The molecule has 1 aliphatic heterocycles. The second kappa shape index (κ2) is 9.91. The predicted octanol–water partition coefficient (Wildman–Crippen LogP) is 2.75. The highest BCUT2D eigenvalue weighted by atomic mass is 16.6. The number of aliphatic hydroxyl groups is 1. The van der Waals surface area contributed by atoms with Crippen LogP contribution in [0.5, 0.6) is 11.8 Å². The number of piperidine rings is 1. The van der Waals surface area contributed by atoms with E-state index in [9.17, 15) is 9.90 Å². The molecule has 2 aliphatic rings. The van der Waals surface area contributed by atoms with Gasteiger partial charge in [0.1, 0.15) is 0 Å². The van der Waals surface area contributed by atoms with Gasteiger partial charge in [0.25, 0.3) is 5.88 Å². The van der Waals surface area contributed by atoms with Crippen LogP contribution in [-0.4, -0.2) is 53.5 Å². The Morgan fingerprint density at radius 3 is 2.71 bits per heavy atom. The van der Waals surface area contributed by atoms with Crippen molar-refractivity contribution in [2.45, 2.75) is 58.4 Å². The number of ether oxygens (including phenoxy) is 2. The summed E-state index contributed by atoms with van der Waals surface area (Å²) in [6.07, 6.45) is 7.28. The van der Waals surface area contributed by atoms with Gasteiger partial charge in [-0.1, -0.05) is 13.8 Å². The topological polar surface area (TPSA) is 96.8 Å². The highest BCUT2D eigenvalue weighted by molar-refractivity contribution is 5.70. The smallest absolute Gasteiger partial charge is 0.414 e. The van der Waals surface area contributed by atoms with Crippen LogP contribution < -0.4 is 19.7 Å². The number of aromatic nitrogens is 2. The van der Waals surface area contributed by atoms with Crippen molar-refractivity contribution in [2.75, 3.05) is 31.2 Å². The summed E-state index contributed by atoms with van der Waals surface area (Å²) in [6.45, 7) is 6.38. The van der Waals surface area contributed by atoms with Gasteiger partial charge in [-0.25, -0.2) is 9.78 Å². The summed E-state index contributed by atoms with van der Waals surface area (Å²) in [4.78, 5) is 23.2. The number of anilines is 1. The lowest BCUT2D eigenvalue weighted by Crippen LogP contribution is -2.40. The molecule has 1 aliphatic carbocycles. The zero-order valence-corrected chi connectivity index (χ0v) is 16.9. The van der Waals surface area contributed by atoms with E-state index >= 15 is 0 Å². The molecule has 3 rings (SSSR count). The van der Waals surface area contributed by atoms with E-state index in [0.29, 0.717) is 36.6 Å². The molecule has 0 spiro atoms. The Balaban J connectivity index is 1.67. The molecule has 1 saturated heterocycles. The minimum absolute atomic E-state index is 0.133. The van der Waals surface area contributed by atoms with Crippen LogP contribution >= 0.6 is 0 Å². The molecule has 0 aromatic carbocycles. The van der Waals surface area contributed by atoms with E-state index in [2.05, 4.69) is 20.2 Å². The minimum Gasteiger partial charge on any atom is -0.475 e. The second-order valence-electron chi connectivity index (χ2n) is 8.18. The number of carbonyl (C=O) groups is 1. The molecule has 156 valence electrons. The highest BCUT2D eigenvalue weighted by Gasteiger charge is 2.25. The van der Waals surface area contributed by atoms with Crippen LogP contribution in [-0.2, 0) is 0 Å². The van der Waals surface area contributed by atoms with Crippen molar-refractivity contribution in [2.24, 2.45) is 11.8 Å². The number of nitrogens with one attached hydrogen (secondary N) is 1. The summed E-state index contributed by atoms with van der Waals surface area (Å²) >= 11 is 0. The number of hydrogen-bond acceptors (Lipinski definition) is 7. The molecule has 2 heterocycles. The van der Waals surface area contributed by atoms with E-state index in [-0.39, 0.29) is 18.5 Å². The predicted molar refractivity (Wildman–Crippen MR) is 106 cm³/mol. The molecule has 8 nitrogen and oxygen atoms in total. The summed E-state index contributed by atoms with van der Waals surface area (Å²) in [7, 11) is 0. The third kappa shape index (κ3) is 6.22. The average molecular weight is 393 g/mol. The third-order valence-electron chi connectivity index (χ3n) is 5.00. The molecular formula is C20H32N4O4. The molecular weight excluding hydrogens is 360 g/mol. The normalized spacial score (nSPS) is 18.1. The van der Waals surface area contributed by atoms with E-state index < -0.39 is 6.09 Å². The average Bonchev–Trinajstić information content (AvgIpc) is 3.51. The fourth-order valence-corrected chi connectivity index (χ4v) is 3.34. The first kappa shape index (κ1) is 20.6. The summed E-state index contributed by atoms with van der Waals surface area (Å²) in [6, 6.07) is -0.344. The highest BCUT2D eigenvalue weighted by Crippen LogP contribution is 2.33. The van der Waals surface area contributed by atoms with Crippen molar-refractivity contribution in [1.82, 2.24) is 15.3 Å². The maximum Gasteiger partial charge on any atom is 0.414 e. The molecule has 0 bridgehead atoms. The van der Waals surface area contributed by atoms with Crippen molar-refractivity contribution in [3.05, 3.63) is 6.20 Å². The van der Waals surface area contributed by atoms with Gasteiger partial charge in [-0.2, -0.15) is 4.98 Å². The first-order valence-corrected chi connectivity index (χ1v) is 10.4. The minimum atomic E-state index is -0.634. The van der Waals surface area contributed by atoms with Crippen LogP contribution in [0.2, 0.25) is 0 Å². The first-order valence-electron chi connectivity index (χ1n) is 10.4. The molecule has 1 aromatic heterocycles. The molecule has 1 amide bonds. The van der Waals surface area contributed by atoms with Crippen molar-refractivity contribution in [3.8, 4) is 11.8 Å². The van der Waals surface area contributed by atoms with E-state index in [0.717, 1.165) is 25.9 Å². The molecule has 28 heavy (non-hydrogen) atoms. The number of nitrogens with zero attached hydrogens (tertiary/aromatic N) is 3. The Labute approximate surface area is 166 Å². The summed E-state index contributed by atoms with van der Waals surface area (Å²) in [5.41, 5.74) is 0. The van der Waals surface area contributed by atoms with Gasteiger partial charge in [-0.15, -0.1) is 0 Å². The van der Waals surface area contributed by atoms with Crippen LogP contribution in [0.25, 0.3) is 0 Å². The maximum atomic E-state index is 12.2. The fourth-order valence-electron chi connectivity index (χ4n) is 3.34. The molecule has 1 aromatic rings. The summed E-state index contributed by atoms with van der Waals surface area (Å²) in [5, 5.41) is 12.1. The van der Waals surface area contributed by atoms with E-state index in [1.165, 1.54) is 25.5 Å². The van der Waals surface area contributed by atoms with Gasteiger partial charge >= 0.3 is 6.09 Å². The monoisotopic (exact) mass is 392 g/mol. The van der Waals surface area contributed by atoms with Gasteiger partial charge in [0.05, 0.1) is 25.5 Å². The van der Waals surface area contributed by atoms with Crippen LogP contribution in [0.15, 0.2) is 6.20 Å². The maximum absolute atomic E-state index is 12.2. The Morgan fingerprint density at radius 1 is 1.32 bits per heavy atom. The SMILES string of the molecule is CC(C)C[C@@H](CO)NC(=O)Oc1cnc(OCC2CC2)c(N2CCCCC2)n1. The van der Waals surface area contributed by atoms with Gasteiger partial charge in [0.15, 0.2) is 5.82 Å². The molecule has 1 saturated carbocycles. The first-order chi connectivity index (χ1) is 13.5. The lowest BCUT2D eigenvalue weighted by atomic mass is 10.0. The Kier molecular flexibility index (Phi) is 7.30. The zero-order chi connectivity index (χ0) is 19.9. The van der Waals surface area contributed by atoms with Crippen LogP contribution in [0, 0.1) is 11.8 Å². The summed E-state index contributed by atoms with van der Waals surface area (Å²) in [5.74, 6) is 2.26. The lowest BCUT2D eigenvalue weighted by molar-refractivity contribution is 0.175. The quantitative estimate of drug-likeness (QED) is 0.667. The number of hydrogen-bond donors (Lipinski definition) is 2. The van der Waals surface area contributed by atoms with Crippen molar-refractivity contribution >= 4 is 11.9 Å². The molecule has 2 fully saturated rings. The third-order valence-corrected chi connectivity index (χ3v) is 5.00. The van der Waals surface area contributed by atoms with Crippen LogP contribution in [0.1, 0.15) is 52.4 Å². The molecule has 1 atom stereocenters. The Hall–Kier alpha value is -2.09. The number of rotatable bonds is 9. The van der Waals surface area contributed by atoms with Crippen LogP contribution in [0.3, 0.4) is 0 Å². The van der Waals surface area contributed by atoms with Gasteiger partial charge in [-0.05, 0) is 50.4 Å². The standard InChI is InChI=1S/C20H32N4O4/c1-14(2)10-16(12-25)22-20(26)28-17-11-21-19(27-13-15-6-7-15)18(23-17)24-8-4-3-5-9-24/h11,14-16,25H,3-10,12-13H2,1-2H3,(H,22,26)/t16-/m0/s1. The fraction of sp³-hybridized carbons (Fsp3) is 0.750. The Morgan fingerprint density at radius 2 is 2.07 bits per heavy atom. The van der Waals surface area contributed by atoms with Gasteiger partial charge < -0.3 is 24.8 Å². The second-order valence-corrected chi connectivity index (χ2v) is 8.18. The van der Waals surface area contributed by atoms with Gasteiger partial charge in [0, 0.05) is 13.1 Å². The van der Waals surface area contributed by atoms with Crippen LogP contribution in [0.4, 0.5) is 10.6 Å². The van der Waals surface area contributed by atoms with Gasteiger partial charge in [-0.3, -0.25) is 0 Å². The molecule has 0 unspecified atom stereocenters. The van der Waals surface area contributed by atoms with E-state index in [1.807, 2.05) is 13.8 Å².